The quantitative estimate of drug-likeness (QED) is 0.373. The van der Waals surface area contributed by atoms with Crippen molar-refractivity contribution < 1.29 is 28.9 Å². The van der Waals surface area contributed by atoms with Crippen molar-refractivity contribution in [1.82, 2.24) is 4.90 Å². The van der Waals surface area contributed by atoms with Gasteiger partial charge in [0.1, 0.15) is 18.1 Å². The van der Waals surface area contributed by atoms with Crippen molar-refractivity contribution in [2.45, 2.75) is 44.8 Å². The Balaban J connectivity index is 1.62. The zero-order valence-corrected chi connectivity index (χ0v) is 22.1. The smallest absolute Gasteiger partial charge is 0.416 e. The van der Waals surface area contributed by atoms with Crippen LogP contribution in [0.25, 0.3) is 0 Å². The van der Waals surface area contributed by atoms with Crippen LogP contribution in [-0.4, -0.2) is 48.9 Å². The molecule has 3 atom stereocenters. The van der Waals surface area contributed by atoms with E-state index in [4.69, 9.17) is 14.2 Å². The molecule has 7 nitrogen and oxygen atoms in total. The van der Waals surface area contributed by atoms with E-state index in [0.29, 0.717) is 36.3 Å². The van der Waals surface area contributed by atoms with E-state index in [2.05, 4.69) is 0 Å². The SMILES string of the molecule is COc1cc(C(O)[C@@H](CCCc2ccccc2)C(=O)N2C(=O)OC[C@@H]2Cc2ccccc2)cc(OC)c1C. The molecule has 7 heteroatoms. The number of cyclic esters (lactones) is 1. The molecule has 4 rings (SSSR count). The number of carbonyl (C=O) groups excluding carboxylic acids is 2. The van der Waals surface area contributed by atoms with Crippen molar-refractivity contribution >= 4 is 12.0 Å². The van der Waals surface area contributed by atoms with Crippen LogP contribution < -0.4 is 9.47 Å². The van der Waals surface area contributed by atoms with Crippen LogP contribution in [0, 0.1) is 12.8 Å². The Morgan fingerprint density at radius 1 is 1.00 bits per heavy atom. The summed E-state index contributed by atoms with van der Waals surface area (Å²) in [5, 5.41) is 11.6. The van der Waals surface area contributed by atoms with Gasteiger partial charge in [0.2, 0.25) is 5.91 Å². The Morgan fingerprint density at radius 2 is 1.58 bits per heavy atom. The molecule has 200 valence electrons. The molecule has 1 heterocycles. The first-order valence-corrected chi connectivity index (χ1v) is 12.9. The topological polar surface area (TPSA) is 85.3 Å². The fraction of sp³-hybridized carbons (Fsp3) is 0.355. The van der Waals surface area contributed by atoms with E-state index in [-0.39, 0.29) is 6.61 Å². The highest BCUT2D eigenvalue weighted by molar-refractivity contribution is 5.95. The number of carbonyl (C=O) groups is 2. The summed E-state index contributed by atoms with van der Waals surface area (Å²) >= 11 is 0. The van der Waals surface area contributed by atoms with Gasteiger partial charge >= 0.3 is 6.09 Å². The molecule has 0 aromatic heterocycles. The number of aliphatic hydroxyl groups excluding tert-OH is 1. The summed E-state index contributed by atoms with van der Waals surface area (Å²) in [5.41, 5.74) is 3.44. The Labute approximate surface area is 224 Å². The van der Waals surface area contributed by atoms with Gasteiger partial charge in [-0.05, 0) is 61.4 Å². The largest absolute Gasteiger partial charge is 0.496 e. The first-order chi connectivity index (χ1) is 18.4. The molecule has 0 radical (unpaired) electrons. The van der Waals surface area contributed by atoms with Gasteiger partial charge in [0, 0.05) is 5.56 Å². The average molecular weight is 518 g/mol. The number of amides is 2. The lowest BCUT2D eigenvalue weighted by molar-refractivity contribution is -0.137. The Kier molecular flexibility index (Phi) is 9.02. The summed E-state index contributed by atoms with van der Waals surface area (Å²) in [4.78, 5) is 28.0. The zero-order valence-electron chi connectivity index (χ0n) is 22.1. The molecule has 38 heavy (non-hydrogen) atoms. The third-order valence-electron chi connectivity index (χ3n) is 7.15. The summed E-state index contributed by atoms with van der Waals surface area (Å²) in [7, 11) is 3.10. The van der Waals surface area contributed by atoms with E-state index < -0.39 is 30.1 Å². The average Bonchev–Trinajstić information content (AvgIpc) is 3.31. The summed E-state index contributed by atoms with van der Waals surface area (Å²) in [6.07, 6.45) is 0.425. The maximum absolute atomic E-state index is 14.0. The van der Waals surface area contributed by atoms with Crippen LogP contribution in [0.2, 0.25) is 0 Å². The number of aliphatic hydroxyl groups is 1. The van der Waals surface area contributed by atoms with Gasteiger partial charge in [-0.15, -0.1) is 0 Å². The summed E-state index contributed by atoms with van der Waals surface area (Å²) < 4.78 is 16.3. The summed E-state index contributed by atoms with van der Waals surface area (Å²) in [5.74, 6) is -0.194. The predicted molar refractivity (Wildman–Crippen MR) is 144 cm³/mol. The second-order valence-electron chi connectivity index (χ2n) is 9.61. The normalized spacial score (nSPS) is 16.6. The first kappa shape index (κ1) is 27.2. The van der Waals surface area contributed by atoms with Crippen LogP contribution in [0.3, 0.4) is 0 Å². The highest BCUT2D eigenvalue weighted by Gasteiger charge is 2.43. The van der Waals surface area contributed by atoms with Crippen molar-refractivity contribution in [2.75, 3.05) is 20.8 Å². The number of ether oxygens (including phenoxy) is 3. The number of hydrogen-bond donors (Lipinski definition) is 1. The maximum Gasteiger partial charge on any atom is 0.416 e. The molecular weight excluding hydrogens is 482 g/mol. The van der Waals surface area contributed by atoms with Crippen LogP contribution in [0.4, 0.5) is 4.79 Å². The third kappa shape index (κ3) is 6.17. The molecular formula is C31H35NO6. The first-order valence-electron chi connectivity index (χ1n) is 12.9. The molecule has 0 bridgehead atoms. The van der Waals surface area contributed by atoms with E-state index in [9.17, 15) is 14.7 Å². The lowest BCUT2D eigenvalue weighted by Gasteiger charge is -2.29. The second kappa shape index (κ2) is 12.6. The van der Waals surface area contributed by atoms with Crippen molar-refractivity contribution in [3.8, 4) is 11.5 Å². The number of rotatable bonds is 11. The lowest BCUT2D eigenvalue weighted by atomic mass is 9.88. The number of benzene rings is 3. The molecule has 1 saturated heterocycles. The van der Waals surface area contributed by atoms with Gasteiger partial charge < -0.3 is 19.3 Å². The van der Waals surface area contributed by atoms with Gasteiger partial charge in [-0.3, -0.25) is 4.79 Å². The minimum atomic E-state index is -1.17. The van der Waals surface area contributed by atoms with E-state index in [1.165, 1.54) is 4.90 Å². The molecule has 2 amide bonds. The molecule has 1 unspecified atom stereocenters. The molecule has 3 aromatic carbocycles. The fourth-order valence-electron chi connectivity index (χ4n) is 5.04. The van der Waals surface area contributed by atoms with Crippen molar-refractivity contribution in [2.24, 2.45) is 5.92 Å². The van der Waals surface area contributed by atoms with Crippen molar-refractivity contribution in [3.63, 3.8) is 0 Å². The van der Waals surface area contributed by atoms with Crippen LogP contribution in [0.5, 0.6) is 11.5 Å². The number of imide groups is 1. The predicted octanol–water partition coefficient (Wildman–Crippen LogP) is 5.27. The standard InChI is InChI=1S/C31H35NO6/c1-21-27(36-2)18-24(19-28(21)37-3)29(33)26(16-10-15-22-11-6-4-7-12-22)30(34)32-25(20-38-31(32)35)17-23-13-8-5-9-14-23/h4-9,11-14,18-19,25-26,29,33H,10,15-17,20H2,1-3H3/t25-,26+,29?/m0/s1. The van der Waals surface area contributed by atoms with Gasteiger partial charge in [0.05, 0.1) is 32.3 Å². The highest BCUT2D eigenvalue weighted by atomic mass is 16.6. The van der Waals surface area contributed by atoms with E-state index in [1.807, 2.05) is 67.6 Å². The molecule has 0 aliphatic carbocycles. The molecule has 0 spiro atoms. The Hall–Kier alpha value is -3.84. The van der Waals surface area contributed by atoms with Gasteiger partial charge in [0.15, 0.2) is 0 Å². The van der Waals surface area contributed by atoms with Crippen LogP contribution in [0.15, 0.2) is 72.8 Å². The van der Waals surface area contributed by atoms with Gasteiger partial charge in [0.25, 0.3) is 0 Å². The Bertz CT molecular complexity index is 1200. The second-order valence-corrected chi connectivity index (χ2v) is 9.61. The van der Waals surface area contributed by atoms with E-state index >= 15 is 0 Å². The highest BCUT2D eigenvalue weighted by Crippen LogP contribution is 2.37. The number of methoxy groups -OCH3 is 2. The number of nitrogens with zero attached hydrogens (tertiary/aromatic N) is 1. The summed E-state index contributed by atoms with van der Waals surface area (Å²) in [6.45, 7) is 1.99. The molecule has 0 saturated carbocycles. The monoisotopic (exact) mass is 517 g/mol. The molecule has 3 aromatic rings. The zero-order chi connectivity index (χ0) is 27.1. The van der Waals surface area contributed by atoms with Gasteiger partial charge in [-0.25, -0.2) is 9.69 Å². The fourth-order valence-corrected chi connectivity index (χ4v) is 5.04. The van der Waals surface area contributed by atoms with Crippen molar-refractivity contribution in [1.29, 1.82) is 0 Å². The maximum atomic E-state index is 14.0. The minimum Gasteiger partial charge on any atom is -0.496 e. The lowest BCUT2D eigenvalue weighted by Crippen LogP contribution is -2.45. The summed E-state index contributed by atoms with van der Waals surface area (Å²) in [6, 6.07) is 22.7. The molecule has 1 aliphatic heterocycles. The number of hydrogen-bond acceptors (Lipinski definition) is 6. The molecule has 1 N–H and O–H groups in total. The van der Waals surface area contributed by atoms with Gasteiger partial charge in [-0.2, -0.15) is 0 Å². The van der Waals surface area contributed by atoms with Crippen LogP contribution >= 0.6 is 0 Å². The van der Waals surface area contributed by atoms with E-state index in [1.54, 1.807) is 26.4 Å². The molecule has 1 fully saturated rings. The molecule has 1 aliphatic rings. The third-order valence-corrected chi connectivity index (χ3v) is 7.15. The minimum absolute atomic E-state index is 0.123. The van der Waals surface area contributed by atoms with E-state index in [0.717, 1.165) is 23.1 Å². The van der Waals surface area contributed by atoms with Crippen molar-refractivity contribution in [3.05, 3.63) is 95.1 Å². The number of aryl methyl sites for hydroxylation is 1. The van der Waals surface area contributed by atoms with Crippen LogP contribution in [0.1, 0.15) is 41.2 Å². The van der Waals surface area contributed by atoms with Crippen LogP contribution in [-0.2, 0) is 22.4 Å². The van der Waals surface area contributed by atoms with Gasteiger partial charge in [-0.1, -0.05) is 60.7 Å². The Morgan fingerprint density at radius 3 is 2.16 bits per heavy atom.